The summed E-state index contributed by atoms with van der Waals surface area (Å²) in [6.45, 7) is 3.18. The van der Waals surface area contributed by atoms with Gasteiger partial charge in [0.15, 0.2) is 0 Å². The third-order valence-corrected chi connectivity index (χ3v) is 4.38. The Balaban J connectivity index is 1.57. The first-order valence-electron chi connectivity index (χ1n) is 8.75. The first kappa shape index (κ1) is 18.1. The molecule has 1 N–H and O–H groups in total. The number of hydrogen-bond acceptors (Lipinski definition) is 5. The maximum atomic E-state index is 12.4. The van der Waals surface area contributed by atoms with Gasteiger partial charge in [-0.3, -0.25) is 9.59 Å². The Morgan fingerprint density at radius 2 is 2.23 bits per heavy atom. The fourth-order valence-electron chi connectivity index (χ4n) is 2.97. The molecule has 7 heteroatoms. The van der Waals surface area contributed by atoms with Crippen molar-refractivity contribution in [2.24, 2.45) is 0 Å². The largest absolute Gasteiger partial charge is 0.472 e. The zero-order valence-electron chi connectivity index (χ0n) is 14.8. The predicted molar refractivity (Wildman–Crippen MR) is 96.1 cm³/mol. The van der Waals surface area contributed by atoms with Crippen molar-refractivity contribution < 1.29 is 14.3 Å². The summed E-state index contributed by atoms with van der Waals surface area (Å²) in [6, 6.07) is 10.3. The maximum absolute atomic E-state index is 12.4. The number of carbonyl (C=O) groups is 1. The number of aromatic nitrogens is 2. The van der Waals surface area contributed by atoms with E-state index in [1.807, 2.05) is 25.1 Å². The number of rotatable bonds is 6. The van der Waals surface area contributed by atoms with Crippen molar-refractivity contribution in [1.82, 2.24) is 14.9 Å². The van der Waals surface area contributed by atoms with E-state index in [0.29, 0.717) is 32.1 Å². The van der Waals surface area contributed by atoms with Gasteiger partial charge in [-0.1, -0.05) is 12.1 Å². The Labute approximate surface area is 152 Å². The summed E-state index contributed by atoms with van der Waals surface area (Å²) in [5.74, 6) is 0.399. The van der Waals surface area contributed by atoms with Gasteiger partial charge >= 0.3 is 0 Å². The molecule has 26 heavy (non-hydrogen) atoms. The topological polar surface area (TPSA) is 82.5 Å². The molecule has 0 spiro atoms. The van der Waals surface area contributed by atoms with E-state index in [9.17, 15) is 9.59 Å². The fraction of sp³-hybridized carbons (Fsp3) is 0.421. The van der Waals surface area contributed by atoms with Gasteiger partial charge in [0.25, 0.3) is 5.56 Å². The number of ether oxygens (including phenoxy) is 2. The molecule has 1 fully saturated rings. The van der Waals surface area contributed by atoms with Crippen molar-refractivity contribution in [2.45, 2.75) is 38.5 Å². The summed E-state index contributed by atoms with van der Waals surface area (Å²) in [7, 11) is 0. The molecule has 2 aromatic rings. The lowest BCUT2D eigenvalue weighted by Crippen LogP contribution is -2.52. The maximum Gasteiger partial charge on any atom is 0.250 e. The molecular formula is C19H23N3O4. The van der Waals surface area contributed by atoms with E-state index in [-0.39, 0.29) is 30.0 Å². The molecule has 0 unspecified atom stereocenters. The van der Waals surface area contributed by atoms with Crippen LogP contribution in [0.25, 0.3) is 0 Å². The van der Waals surface area contributed by atoms with E-state index in [1.165, 1.54) is 6.07 Å². The van der Waals surface area contributed by atoms with Crippen molar-refractivity contribution in [2.75, 3.05) is 13.2 Å². The molecule has 3 rings (SSSR count). The van der Waals surface area contributed by atoms with E-state index in [4.69, 9.17) is 9.47 Å². The molecule has 1 aliphatic rings. The van der Waals surface area contributed by atoms with Crippen LogP contribution in [0.15, 0.2) is 47.4 Å². The quantitative estimate of drug-likeness (QED) is 0.842. The van der Waals surface area contributed by atoms with Crippen LogP contribution in [-0.4, -0.2) is 40.8 Å². The molecule has 0 bridgehead atoms. The van der Waals surface area contributed by atoms with Crippen LogP contribution in [-0.2, 0) is 16.1 Å². The molecular weight excluding hydrogens is 334 g/mol. The van der Waals surface area contributed by atoms with Gasteiger partial charge in [0.05, 0.1) is 19.3 Å². The number of aryl methyl sites for hydroxylation is 1. The van der Waals surface area contributed by atoms with Crippen LogP contribution < -0.4 is 15.6 Å². The number of carbonyl (C=O) groups excluding carboxylic acids is 1. The van der Waals surface area contributed by atoms with E-state index < -0.39 is 0 Å². The van der Waals surface area contributed by atoms with Gasteiger partial charge in [-0.2, -0.15) is 0 Å². The van der Waals surface area contributed by atoms with E-state index in [0.717, 1.165) is 5.69 Å². The average Bonchev–Trinajstić information content (AvgIpc) is 2.64. The molecule has 1 saturated heterocycles. The van der Waals surface area contributed by atoms with E-state index >= 15 is 0 Å². The highest BCUT2D eigenvalue weighted by Crippen LogP contribution is 2.16. The van der Waals surface area contributed by atoms with Crippen LogP contribution in [0.2, 0.25) is 0 Å². The highest BCUT2D eigenvalue weighted by Gasteiger charge is 2.29. The summed E-state index contributed by atoms with van der Waals surface area (Å²) >= 11 is 0. The van der Waals surface area contributed by atoms with E-state index in [2.05, 4.69) is 10.3 Å². The lowest BCUT2D eigenvalue weighted by molar-refractivity contribution is -0.124. The van der Waals surface area contributed by atoms with Crippen molar-refractivity contribution >= 4 is 5.91 Å². The van der Waals surface area contributed by atoms with Crippen LogP contribution >= 0.6 is 0 Å². The van der Waals surface area contributed by atoms with Crippen LogP contribution in [0.5, 0.6) is 5.88 Å². The Kier molecular flexibility index (Phi) is 6.01. The highest BCUT2D eigenvalue weighted by molar-refractivity contribution is 5.76. The number of amides is 1. The lowest BCUT2D eigenvalue weighted by Gasteiger charge is -2.32. The number of nitrogens with zero attached hydrogens (tertiary/aromatic N) is 2. The molecule has 138 valence electrons. The second-order valence-corrected chi connectivity index (χ2v) is 6.27. The van der Waals surface area contributed by atoms with Crippen molar-refractivity contribution in [3.8, 4) is 5.88 Å². The van der Waals surface area contributed by atoms with Gasteiger partial charge in [-0.15, -0.1) is 0 Å². The minimum absolute atomic E-state index is 0.102. The smallest absolute Gasteiger partial charge is 0.250 e. The van der Waals surface area contributed by atoms with Crippen molar-refractivity contribution in [3.63, 3.8) is 0 Å². The van der Waals surface area contributed by atoms with E-state index in [1.54, 1.807) is 22.9 Å². The molecule has 7 nitrogen and oxygen atoms in total. The summed E-state index contributed by atoms with van der Waals surface area (Å²) < 4.78 is 13.0. The van der Waals surface area contributed by atoms with Crippen molar-refractivity contribution in [3.05, 3.63) is 58.6 Å². The number of pyridine rings is 2. The summed E-state index contributed by atoms with van der Waals surface area (Å²) in [6.07, 6.45) is 2.38. The second kappa shape index (κ2) is 8.62. The Morgan fingerprint density at radius 1 is 1.35 bits per heavy atom. The molecule has 1 amide bonds. The first-order valence-corrected chi connectivity index (χ1v) is 8.75. The molecule has 0 aromatic carbocycles. The molecule has 2 aromatic heterocycles. The molecule has 0 saturated carbocycles. The summed E-state index contributed by atoms with van der Waals surface area (Å²) in [5.41, 5.74) is 0.734. The average molecular weight is 357 g/mol. The molecule has 2 atom stereocenters. The molecule has 1 aliphatic heterocycles. The van der Waals surface area contributed by atoms with Gasteiger partial charge in [0.1, 0.15) is 6.10 Å². The molecule has 0 radical (unpaired) electrons. The Bertz CT molecular complexity index is 791. The fourth-order valence-corrected chi connectivity index (χ4v) is 2.97. The van der Waals surface area contributed by atoms with Gasteiger partial charge in [0, 0.05) is 43.4 Å². The van der Waals surface area contributed by atoms with Gasteiger partial charge in [-0.25, -0.2) is 4.98 Å². The SMILES string of the molecule is Cc1cccc(=O)n1CCC(=O)N[C@@H]1COCC[C@H]1Oc1ccccn1. The highest BCUT2D eigenvalue weighted by atomic mass is 16.5. The summed E-state index contributed by atoms with van der Waals surface area (Å²) in [4.78, 5) is 28.4. The monoisotopic (exact) mass is 357 g/mol. The van der Waals surface area contributed by atoms with Crippen LogP contribution in [0.1, 0.15) is 18.5 Å². The normalized spacial score (nSPS) is 19.7. The third-order valence-electron chi connectivity index (χ3n) is 4.38. The van der Waals surface area contributed by atoms with Gasteiger partial charge < -0.3 is 19.4 Å². The van der Waals surface area contributed by atoms with Crippen LogP contribution in [0.4, 0.5) is 0 Å². The third kappa shape index (κ3) is 4.70. The summed E-state index contributed by atoms with van der Waals surface area (Å²) in [5, 5.41) is 2.97. The minimum atomic E-state index is -0.244. The first-order chi connectivity index (χ1) is 12.6. The Morgan fingerprint density at radius 3 is 3.00 bits per heavy atom. The van der Waals surface area contributed by atoms with Crippen LogP contribution in [0.3, 0.4) is 0 Å². The Hall–Kier alpha value is -2.67. The van der Waals surface area contributed by atoms with Crippen LogP contribution in [0, 0.1) is 6.92 Å². The lowest BCUT2D eigenvalue weighted by atomic mass is 10.1. The zero-order valence-corrected chi connectivity index (χ0v) is 14.8. The number of hydrogen-bond donors (Lipinski definition) is 1. The van der Waals surface area contributed by atoms with Gasteiger partial charge in [-0.05, 0) is 19.1 Å². The number of nitrogens with one attached hydrogen (secondary N) is 1. The second-order valence-electron chi connectivity index (χ2n) is 6.27. The molecule has 0 aliphatic carbocycles. The predicted octanol–water partition coefficient (Wildman–Crippen LogP) is 1.29. The molecule has 3 heterocycles. The zero-order chi connectivity index (χ0) is 18.4. The van der Waals surface area contributed by atoms with Gasteiger partial charge in [0.2, 0.25) is 11.8 Å². The minimum Gasteiger partial charge on any atom is -0.472 e. The standard InChI is InChI=1S/C19H23N3O4/c1-14-5-4-7-19(24)22(14)11-8-17(23)21-15-13-25-12-9-16(15)26-18-6-2-3-10-20-18/h2-7,10,15-16H,8-9,11-13H2,1H3,(H,21,23)/t15-,16-/m1/s1. The van der Waals surface area contributed by atoms with Crippen molar-refractivity contribution in [1.29, 1.82) is 0 Å².